The molecule has 1 aliphatic carbocycles. The number of halogens is 1. The molecule has 0 saturated heterocycles. The molecule has 28 heavy (non-hydrogen) atoms. The maximum absolute atomic E-state index is 10.9. The number of carboxylic acid groups (broad SMARTS) is 1. The Morgan fingerprint density at radius 1 is 1.07 bits per heavy atom. The molecule has 0 radical (unpaired) electrons. The van der Waals surface area contributed by atoms with E-state index in [9.17, 15) is 4.79 Å². The monoisotopic (exact) mass is 395 g/mol. The summed E-state index contributed by atoms with van der Waals surface area (Å²) < 4.78 is 11.5. The van der Waals surface area contributed by atoms with Gasteiger partial charge in [0.15, 0.2) is 0 Å². The van der Waals surface area contributed by atoms with Crippen LogP contribution in [-0.2, 0) is 4.79 Å². The normalized spacial score (nSPS) is 17.8. The fourth-order valence-corrected chi connectivity index (χ4v) is 3.19. The first kappa shape index (κ1) is 18.3. The van der Waals surface area contributed by atoms with Crippen molar-refractivity contribution in [1.82, 2.24) is 4.98 Å². The van der Waals surface area contributed by atoms with Gasteiger partial charge >= 0.3 is 5.97 Å². The molecule has 4 rings (SSSR count). The van der Waals surface area contributed by atoms with Crippen LogP contribution in [-0.4, -0.2) is 22.7 Å². The van der Waals surface area contributed by atoms with E-state index in [0.29, 0.717) is 29.7 Å². The highest BCUT2D eigenvalue weighted by Gasteiger charge is 2.43. The lowest BCUT2D eigenvalue weighted by Gasteiger charge is -2.10. The lowest BCUT2D eigenvalue weighted by Crippen LogP contribution is -2.06. The fourth-order valence-electron chi connectivity index (χ4n) is 2.98. The molecule has 2 atom stereocenters. The average molecular weight is 396 g/mol. The largest absolute Gasteiger partial charge is 0.493 e. The lowest BCUT2D eigenvalue weighted by molar-refractivity contribution is -0.138. The van der Waals surface area contributed by atoms with Gasteiger partial charge < -0.3 is 14.6 Å². The van der Waals surface area contributed by atoms with E-state index in [-0.39, 0.29) is 11.8 Å². The van der Waals surface area contributed by atoms with Crippen LogP contribution in [0.15, 0.2) is 66.9 Å². The molecular formula is C22H18ClNO4. The van der Waals surface area contributed by atoms with E-state index in [1.807, 2.05) is 60.7 Å². The van der Waals surface area contributed by atoms with Crippen molar-refractivity contribution in [3.05, 3.63) is 72.0 Å². The van der Waals surface area contributed by atoms with Crippen LogP contribution in [0.4, 0.5) is 0 Å². The Morgan fingerprint density at radius 3 is 2.50 bits per heavy atom. The summed E-state index contributed by atoms with van der Waals surface area (Å²) in [7, 11) is 0. The third kappa shape index (κ3) is 4.26. The highest BCUT2D eigenvalue weighted by Crippen LogP contribution is 2.39. The minimum absolute atomic E-state index is 0.0997. The zero-order valence-corrected chi connectivity index (χ0v) is 15.7. The summed E-state index contributed by atoms with van der Waals surface area (Å²) in [5.41, 5.74) is 1.65. The molecule has 0 bridgehead atoms. The van der Waals surface area contributed by atoms with Gasteiger partial charge in [-0.15, -0.1) is 0 Å². The van der Waals surface area contributed by atoms with Gasteiger partial charge in [-0.05, 0) is 42.3 Å². The topological polar surface area (TPSA) is 68.7 Å². The van der Waals surface area contributed by atoms with Crippen LogP contribution in [0.2, 0.25) is 5.15 Å². The number of rotatable bonds is 7. The highest BCUT2D eigenvalue weighted by atomic mass is 35.5. The van der Waals surface area contributed by atoms with Crippen molar-refractivity contribution in [2.75, 3.05) is 6.61 Å². The number of aromatic nitrogens is 1. The minimum atomic E-state index is -0.747. The van der Waals surface area contributed by atoms with Crippen LogP contribution < -0.4 is 9.47 Å². The number of pyridine rings is 1. The first-order valence-corrected chi connectivity index (χ1v) is 9.32. The maximum atomic E-state index is 10.9. The van der Waals surface area contributed by atoms with E-state index in [0.717, 1.165) is 16.9 Å². The van der Waals surface area contributed by atoms with Gasteiger partial charge in [0.2, 0.25) is 0 Å². The molecular weight excluding hydrogens is 378 g/mol. The van der Waals surface area contributed by atoms with Crippen LogP contribution in [0, 0.1) is 11.8 Å². The molecule has 1 aliphatic rings. The molecule has 0 spiro atoms. The Bertz CT molecular complexity index is 976. The maximum Gasteiger partial charge on any atom is 0.306 e. The smallest absolute Gasteiger partial charge is 0.306 e. The molecule has 1 saturated carbocycles. The van der Waals surface area contributed by atoms with Crippen LogP contribution >= 0.6 is 11.6 Å². The van der Waals surface area contributed by atoms with Crippen molar-refractivity contribution in [1.29, 1.82) is 0 Å². The summed E-state index contributed by atoms with van der Waals surface area (Å²) >= 11 is 6.28. The number of hydrogen-bond donors (Lipinski definition) is 1. The molecule has 0 amide bonds. The van der Waals surface area contributed by atoms with Gasteiger partial charge in [0, 0.05) is 11.5 Å². The number of carboxylic acids is 1. The van der Waals surface area contributed by atoms with Crippen molar-refractivity contribution in [2.24, 2.45) is 11.8 Å². The van der Waals surface area contributed by atoms with Gasteiger partial charge in [0.05, 0.1) is 18.7 Å². The van der Waals surface area contributed by atoms with Crippen molar-refractivity contribution < 1.29 is 19.4 Å². The second-order valence-electron chi connectivity index (χ2n) is 6.70. The standard InChI is InChI=1S/C22H18ClNO4/c23-21-19(11-18(12-24-21)28-17-4-2-1-3-5-17)14-6-8-16(9-7-14)27-13-15-10-20(15)22(25)26/h1-9,11-12,15,20H,10,13H2,(H,25,26). The van der Waals surface area contributed by atoms with E-state index >= 15 is 0 Å². The molecule has 1 fully saturated rings. The quantitative estimate of drug-likeness (QED) is 0.550. The zero-order chi connectivity index (χ0) is 19.5. The third-order valence-electron chi connectivity index (χ3n) is 4.66. The van der Waals surface area contributed by atoms with Gasteiger partial charge in [-0.3, -0.25) is 4.79 Å². The first-order chi connectivity index (χ1) is 13.6. The van der Waals surface area contributed by atoms with Gasteiger partial charge in [-0.1, -0.05) is 41.9 Å². The predicted octanol–water partition coefficient (Wildman–Crippen LogP) is 5.29. The number of hydrogen-bond acceptors (Lipinski definition) is 4. The predicted molar refractivity (Wildman–Crippen MR) is 106 cm³/mol. The summed E-state index contributed by atoms with van der Waals surface area (Å²) in [6.45, 7) is 0.416. The van der Waals surface area contributed by atoms with Gasteiger partial charge in [-0.25, -0.2) is 4.98 Å². The summed E-state index contributed by atoms with van der Waals surface area (Å²) in [5.74, 6) is 1.10. The van der Waals surface area contributed by atoms with Crippen molar-refractivity contribution >= 4 is 17.6 Å². The second-order valence-corrected chi connectivity index (χ2v) is 7.06. The Hall–Kier alpha value is -3.05. The summed E-state index contributed by atoms with van der Waals surface area (Å²) in [4.78, 5) is 15.1. The second kappa shape index (κ2) is 7.90. The first-order valence-electron chi connectivity index (χ1n) is 8.94. The molecule has 1 heterocycles. The van der Waals surface area contributed by atoms with Gasteiger partial charge in [-0.2, -0.15) is 0 Å². The molecule has 2 aromatic carbocycles. The van der Waals surface area contributed by atoms with Crippen molar-refractivity contribution in [2.45, 2.75) is 6.42 Å². The highest BCUT2D eigenvalue weighted by molar-refractivity contribution is 6.32. The molecule has 3 aromatic rings. The van der Waals surface area contributed by atoms with Crippen LogP contribution in [0.25, 0.3) is 11.1 Å². The van der Waals surface area contributed by atoms with Crippen LogP contribution in [0.5, 0.6) is 17.2 Å². The zero-order valence-electron chi connectivity index (χ0n) is 14.9. The Labute approximate surface area is 167 Å². The van der Waals surface area contributed by atoms with E-state index in [1.54, 1.807) is 6.20 Å². The van der Waals surface area contributed by atoms with Crippen molar-refractivity contribution in [3.8, 4) is 28.4 Å². The van der Waals surface area contributed by atoms with E-state index in [4.69, 9.17) is 26.2 Å². The lowest BCUT2D eigenvalue weighted by atomic mass is 10.1. The molecule has 0 aliphatic heterocycles. The van der Waals surface area contributed by atoms with E-state index in [2.05, 4.69) is 4.98 Å². The SMILES string of the molecule is O=C(O)C1CC1COc1ccc(-c2cc(Oc3ccccc3)cnc2Cl)cc1. The van der Waals surface area contributed by atoms with E-state index in [1.165, 1.54) is 0 Å². The van der Waals surface area contributed by atoms with Gasteiger partial charge in [0.1, 0.15) is 22.4 Å². The number of para-hydroxylation sites is 1. The molecule has 6 heteroatoms. The summed E-state index contributed by atoms with van der Waals surface area (Å²) in [6.07, 6.45) is 2.27. The van der Waals surface area contributed by atoms with Crippen LogP contribution in [0.1, 0.15) is 6.42 Å². The number of benzene rings is 2. The van der Waals surface area contributed by atoms with E-state index < -0.39 is 5.97 Å². The Kier molecular flexibility index (Phi) is 5.17. The molecule has 5 nitrogen and oxygen atoms in total. The average Bonchev–Trinajstić information content (AvgIpc) is 3.49. The Morgan fingerprint density at radius 2 is 1.82 bits per heavy atom. The van der Waals surface area contributed by atoms with Crippen molar-refractivity contribution in [3.63, 3.8) is 0 Å². The minimum Gasteiger partial charge on any atom is -0.493 e. The number of nitrogens with zero attached hydrogens (tertiary/aromatic N) is 1. The van der Waals surface area contributed by atoms with Gasteiger partial charge in [0.25, 0.3) is 0 Å². The summed E-state index contributed by atoms with van der Waals surface area (Å²) in [6, 6.07) is 18.8. The number of carbonyl (C=O) groups is 1. The Balaban J connectivity index is 1.45. The van der Waals surface area contributed by atoms with Crippen LogP contribution in [0.3, 0.4) is 0 Å². The summed E-state index contributed by atoms with van der Waals surface area (Å²) in [5, 5.41) is 9.33. The molecule has 1 N–H and O–H groups in total. The number of aliphatic carboxylic acids is 1. The molecule has 142 valence electrons. The third-order valence-corrected chi connectivity index (χ3v) is 4.96. The number of ether oxygens (including phenoxy) is 2. The fraction of sp³-hybridized carbons (Fsp3) is 0.182. The molecule has 1 aromatic heterocycles. The molecule has 2 unspecified atom stereocenters.